The normalized spacial score (nSPS) is 10.3. The zero-order valence-corrected chi connectivity index (χ0v) is 17.7. The van der Waals surface area contributed by atoms with Crippen LogP contribution in [0.1, 0.15) is 23.0 Å². The third-order valence-corrected chi connectivity index (χ3v) is 4.71. The van der Waals surface area contributed by atoms with E-state index in [1.165, 1.54) is 0 Å². The number of hydrogen-bond donors (Lipinski definition) is 1. The van der Waals surface area contributed by atoms with Crippen LogP contribution in [0.15, 0.2) is 51.9 Å². The highest BCUT2D eigenvalue weighted by molar-refractivity contribution is 9.10. The van der Waals surface area contributed by atoms with Crippen molar-refractivity contribution < 1.29 is 9.53 Å². The molecule has 29 heavy (non-hydrogen) atoms. The monoisotopic (exact) mass is 453 g/mol. The highest BCUT2D eigenvalue weighted by Gasteiger charge is 2.15. The summed E-state index contributed by atoms with van der Waals surface area (Å²) >= 11 is 3.37. The molecule has 2 aromatic heterocycles. The molecule has 0 aliphatic carbocycles. The molecule has 0 atom stereocenters. The molecule has 0 aliphatic rings. The van der Waals surface area contributed by atoms with Gasteiger partial charge in [-0.15, -0.1) is 0 Å². The molecule has 6 nitrogen and oxygen atoms in total. The predicted molar refractivity (Wildman–Crippen MR) is 116 cm³/mol. The van der Waals surface area contributed by atoms with Crippen molar-refractivity contribution in [2.24, 2.45) is 0 Å². The maximum absolute atomic E-state index is 12.7. The minimum atomic E-state index is -0.457. The maximum atomic E-state index is 12.7. The molecule has 0 unspecified atom stereocenters. The lowest BCUT2D eigenvalue weighted by Crippen LogP contribution is -2.30. The van der Waals surface area contributed by atoms with Crippen LogP contribution >= 0.6 is 15.9 Å². The van der Waals surface area contributed by atoms with Gasteiger partial charge in [0.25, 0.3) is 5.91 Å². The number of benzene rings is 1. The molecule has 0 saturated heterocycles. The van der Waals surface area contributed by atoms with E-state index in [0.29, 0.717) is 23.3 Å². The molecular weight excluding hydrogens is 434 g/mol. The Labute approximate surface area is 177 Å². The Morgan fingerprint density at radius 3 is 2.86 bits per heavy atom. The van der Waals surface area contributed by atoms with Crippen molar-refractivity contribution in [3.8, 4) is 17.6 Å². The van der Waals surface area contributed by atoms with Crippen LogP contribution in [-0.2, 0) is 6.54 Å². The van der Waals surface area contributed by atoms with E-state index < -0.39 is 5.91 Å². The van der Waals surface area contributed by atoms with Gasteiger partial charge in [0, 0.05) is 22.9 Å². The van der Waals surface area contributed by atoms with Crippen LogP contribution in [0.4, 0.5) is 0 Å². The number of carbonyl (C=O) groups is 1. The molecule has 0 saturated carbocycles. The highest BCUT2D eigenvalue weighted by Crippen LogP contribution is 2.17. The maximum Gasteiger partial charge on any atom is 0.257 e. The molecule has 2 heterocycles. The van der Waals surface area contributed by atoms with Crippen LogP contribution in [0.25, 0.3) is 11.0 Å². The fraction of sp³-hybridized carbons (Fsp3) is 0.227. The number of amides is 1. The van der Waals surface area contributed by atoms with Crippen LogP contribution in [0.5, 0.6) is 5.75 Å². The van der Waals surface area contributed by atoms with Crippen LogP contribution < -0.4 is 15.5 Å². The summed E-state index contributed by atoms with van der Waals surface area (Å²) in [6.07, 6.45) is 1.55. The van der Waals surface area contributed by atoms with Gasteiger partial charge in [-0.2, -0.15) is 0 Å². The third kappa shape index (κ3) is 5.04. The van der Waals surface area contributed by atoms with Gasteiger partial charge in [0.2, 0.25) is 5.43 Å². The van der Waals surface area contributed by atoms with Gasteiger partial charge < -0.3 is 14.6 Å². The van der Waals surface area contributed by atoms with Crippen molar-refractivity contribution in [1.29, 1.82) is 0 Å². The average molecular weight is 454 g/mol. The summed E-state index contributed by atoms with van der Waals surface area (Å²) in [7, 11) is 0. The number of aromatic nitrogens is 2. The van der Waals surface area contributed by atoms with Crippen molar-refractivity contribution in [2.45, 2.75) is 20.4 Å². The summed E-state index contributed by atoms with van der Waals surface area (Å²) < 4.78 is 8.24. The van der Waals surface area contributed by atoms with E-state index in [-0.39, 0.29) is 24.1 Å². The number of nitrogens with one attached hydrogen (secondary N) is 1. The molecule has 1 N–H and O–H groups in total. The largest absolute Gasteiger partial charge is 0.481 e. The van der Waals surface area contributed by atoms with E-state index >= 15 is 0 Å². The average Bonchev–Trinajstić information content (AvgIpc) is 2.70. The van der Waals surface area contributed by atoms with Crippen molar-refractivity contribution in [1.82, 2.24) is 14.9 Å². The van der Waals surface area contributed by atoms with E-state index in [2.05, 4.69) is 38.1 Å². The molecule has 148 valence electrons. The minimum Gasteiger partial charge on any atom is -0.481 e. The van der Waals surface area contributed by atoms with E-state index in [9.17, 15) is 9.59 Å². The second-order valence-electron chi connectivity index (χ2n) is 6.26. The molecule has 1 amide bonds. The van der Waals surface area contributed by atoms with E-state index in [1.807, 2.05) is 38.1 Å². The Morgan fingerprint density at radius 2 is 2.10 bits per heavy atom. The zero-order chi connectivity index (χ0) is 20.8. The lowest BCUT2D eigenvalue weighted by Gasteiger charge is -2.11. The van der Waals surface area contributed by atoms with Crippen LogP contribution in [0.3, 0.4) is 0 Å². The standard InChI is InChI=1S/C22H20BrN3O3/c1-3-26-14-19(20(27)18-10-9-15(2)25-21(18)26)22(28)24-11-4-5-12-29-17-8-6-7-16(23)13-17/h6-10,13-14H,3,11-12H2,1-2H3,(H,24,28). The fourth-order valence-electron chi connectivity index (χ4n) is 2.77. The zero-order valence-electron chi connectivity index (χ0n) is 16.2. The van der Waals surface area contributed by atoms with Gasteiger partial charge in [0.1, 0.15) is 23.6 Å². The van der Waals surface area contributed by atoms with E-state index in [0.717, 1.165) is 10.2 Å². The van der Waals surface area contributed by atoms with Crippen molar-refractivity contribution in [2.75, 3.05) is 13.2 Å². The number of nitrogens with zero attached hydrogens (tertiary/aromatic N) is 2. The Bertz CT molecular complexity index is 1180. The lowest BCUT2D eigenvalue weighted by atomic mass is 10.1. The molecule has 0 aliphatic heterocycles. The number of aryl methyl sites for hydroxylation is 2. The lowest BCUT2D eigenvalue weighted by molar-refractivity contribution is 0.0957. The first kappa shape index (κ1) is 20.6. The number of fused-ring (bicyclic) bond motifs is 1. The van der Waals surface area contributed by atoms with Gasteiger partial charge in [0.05, 0.1) is 11.9 Å². The van der Waals surface area contributed by atoms with Crippen LogP contribution in [0, 0.1) is 18.8 Å². The number of pyridine rings is 2. The Balaban J connectivity index is 1.65. The predicted octanol–water partition coefficient (Wildman–Crippen LogP) is 3.30. The van der Waals surface area contributed by atoms with E-state index in [4.69, 9.17) is 4.74 Å². The van der Waals surface area contributed by atoms with Gasteiger partial charge in [-0.05, 0) is 44.2 Å². The summed E-state index contributed by atoms with van der Waals surface area (Å²) in [5, 5.41) is 3.09. The highest BCUT2D eigenvalue weighted by atomic mass is 79.9. The van der Waals surface area contributed by atoms with Crippen LogP contribution in [-0.4, -0.2) is 28.6 Å². The smallest absolute Gasteiger partial charge is 0.257 e. The van der Waals surface area contributed by atoms with Crippen molar-refractivity contribution >= 4 is 32.9 Å². The number of halogens is 1. The number of rotatable bonds is 5. The first-order valence-corrected chi connectivity index (χ1v) is 9.92. The van der Waals surface area contributed by atoms with Gasteiger partial charge in [-0.1, -0.05) is 33.8 Å². The number of ether oxygens (including phenoxy) is 1. The molecular formula is C22H20BrN3O3. The number of carbonyl (C=O) groups excluding carboxylic acids is 1. The first-order valence-electron chi connectivity index (χ1n) is 9.12. The number of hydrogen-bond acceptors (Lipinski definition) is 4. The Hall–Kier alpha value is -3.11. The van der Waals surface area contributed by atoms with Gasteiger partial charge in [-0.3, -0.25) is 9.59 Å². The van der Waals surface area contributed by atoms with Crippen molar-refractivity contribution in [3.05, 3.63) is 68.5 Å². The second kappa shape index (κ2) is 9.39. The van der Waals surface area contributed by atoms with E-state index in [1.54, 1.807) is 22.9 Å². The molecule has 0 spiro atoms. The van der Waals surface area contributed by atoms with Gasteiger partial charge >= 0.3 is 0 Å². The molecule has 0 radical (unpaired) electrons. The first-order chi connectivity index (χ1) is 14.0. The molecule has 3 rings (SSSR count). The summed E-state index contributed by atoms with van der Waals surface area (Å²) in [5.74, 6) is 5.91. The summed E-state index contributed by atoms with van der Waals surface area (Å²) in [6, 6.07) is 10.9. The third-order valence-electron chi connectivity index (χ3n) is 4.22. The van der Waals surface area contributed by atoms with Crippen molar-refractivity contribution in [3.63, 3.8) is 0 Å². The minimum absolute atomic E-state index is 0.0807. The van der Waals surface area contributed by atoms with Gasteiger partial charge in [-0.25, -0.2) is 4.98 Å². The fourth-order valence-corrected chi connectivity index (χ4v) is 3.15. The second-order valence-corrected chi connectivity index (χ2v) is 7.18. The van der Waals surface area contributed by atoms with Crippen LogP contribution in [0.2, 0.25) is 0 Å². The molecule has 1 aromatic carbocycles. The summed E-state index contributed by atoms with van der Waals surface area (Å²) in [4.78, 5) is 29.6. The summed E-state index contributed by atoms with van der Waals surface area (Å²) in [6.45, 7) is 4.72. The topological polar surface area (TPSA) is 73.2 Å². The molecule has 7 heteroatoms. The SMILES string of the molecule is CCn1cc(C(=O)NCC#CCOc2cccc(Br)c2)c(=O)c2ccc(C)nc21. The Kier molecular flexibility index (Phi) is 6.68. The molecule has 0 bridgehead atoms. The Morgan fingerprint density at radius 1 is 1.28 bits per heavy atom. The quantitative estimate of drug-likeness (QED) is 0.601. The summed E-state index contributed by atoms with van der Waals surface area (Å²) in [5.41, 5.74) is 1.15. The van der Waals surface area contributed by atoms with Gasteiger partial charge in [0.15, 0.2) is 0 Å². The molecule has 3 aromatic rings. The molecule has 0 fully saturated rings.